The number of rotatable bonds is 5. The van der Waals surface area contributed by atoms with Crippen molar-refractivity contribution in [3.05, 3.63) is 84.2 Å². The number of esters is 1. The summed E-state index contributed by atoms with van der Waals surface area (Å²) < 4.78 is 5.66. The van der Waals surface area contributed by atoms with Gasteiger partial charge in [-0.25, -0.2) is 19.7 Å². The number of aromatic nitrogens is 3. The van der Waals surface area contributed by atoms with Crippen LogP contribution in [0.25, 0.3) is 22.2 Å². The molecule has 2 aromatic carbocycles. The van der Waals surface area contributed by atoms with Crippen molar-refractivity contribution in [3.63, 3.8) is 0 Å². The lowest BCUT2D eigenvalue weighted by molar-refractivity contribution is 0.0330. The Labute approximate surface area is 173 Å². The molecule has 0 aliphatic rings. The summed E-state index contributed by atoms with van der Waals surface area (Å²) in [6, 6.07) is 20.7. The topological polar surface area (TPSA) is 65.0 Å². The van der Waals surface area contributed by atoms with Crippen molar-refractivity contribution >= 4 is 28.6 Å². The first kappa shape index (κ1) is 19.1. The SMILES string of the molecule is CSc1ncc2cc(C(C)OC(=O)c3ccccc3)nc(-c3ccccc3)c2n1. The molecule has 0 saturated heterocycles. The lowest BCUT2D eigenvalue weighted by Crippen LogP contribution is -2.11. The van der Waals surface area contributed by atoms with E-state index in [2.05, 4.69) is 9.97 Å². The summed E-state index contributed by atoms with van der Waals surface area (Å²) in [5, 5.41) is 1.54. The van der Waals surface area contributed by atoms with Crippen LogP contribution in [0.3, 0.4) is 0 Å². The van der Waals surface area contributed by atoms with Gasteiger partial charge in [0, 0.05) is 17.1 Å². The number of nitrogens with zero attached hydrogens (tertiary/aromatic N) is 3. The Morgan fingerprint density at radius 1 is 1.00 bits per heavy atom. The molecule has 4 aromatic rings. The van der Waals surface area contributed by atoms with E-state index in [1.807, 2.05) is 67.8 Å². The maximum absolute atomic E-state index is 12.5. The van der Waals surface area contributed by atoms with Crippen molar-refractivity contribution in [1.82, 2.24) is 15.0 Å². The predicted molar refractivity (Wildman–Crippen MR) is 115 cm³/mol. The molecule has 2 heterocycles. The zero-order valence-electron chi connectivity index (χ0n) is 16.1. The average molecular weight is 401 g/mol. The van der Waals surface area contributed by atoms with E-state index in [1.54, 1.807) is 18.3 Å². The van der Waals surface area contributed by atoms with Crippen LogP contribution in [0.5, 0.6) is 0 Å². The van der Waals surface area contributed by atoms with Crippen LogP contribution in [0.1, 0.15) is 29.1 Å². The molecule has 6 heteroatoms. The standard InChI is InChI=1S/C23H19N3O2S/c1-15(28-22(27)17-11-7-4-8-12-17)19-13-18-14-24-23(29-2)26-21(18)20(25-19)16-9-5-3-6-10-16/h3-15H,1-2H3. The van der Waals surface area contributed by atoms with Crippen LogP contribution in [0, 0.1) is 0 Å². The van der Waals surface area contributed by atoms with Crippen LogP contribution in [0.15, 0.2) is 78.1 Å². The van der Waals surface area contributed by atoms with E-state index < -0.39 is 6.10 Å². The summed E-state index contributed by atoms with van der Waals surface area (Å²) in [6.45, 7) is 1.82. The number of hydrogen-bond donors (Lipinski definition) is 0. The Morgan fingerprint density at radius 2 is 1.69 bits per heavy atom. The van der Waals surface area contributed by atoms with Crippen molar-refractivity contribution < 1.29 is 9.53 Å². The van der Waals surface area contributed by atoms with Crippen LogP contribution >= 0.6 is 11.8 Å². The fourth-order valence-electron chi connectivity index (χ4n) is 3.01. The van der Waals surface area contributed by atoms with Crippen molar-refractivity contribution in [2.45, 2.75) is 18.2 Å². The molecule has 144 valence electrons. The minimum absolute atomic E-state index is 0.379. The molecule has 0 fully saturated rings. The van der Waals surface area contributed by atoms with Gasteiger partial charge >= 0.3 is 5.97 Å². The molecule has 4 rings (SSSR count). The number of pyridine rings is 1. The van der Waals surface area contributed by atoms with Crippen molar-refractivity contribution in [1.29, 1.82) is 0 Å². The Hall–Kier alpha value is -3.25. The van der Waals surface area contributed by atoms with Gasteiger partial charge in [-0.3, -0.25) is 0 Å². The maximum atomic E-state index is 12.5. The number of carbonyl (C=O) groups excluding carboxylic acids is 1. The molecule has 0 aliphatic heterocycles. The number of fused-ring (bicyclic) bond motifs is 1. The molecular formula is C23H19N3O2S. The first-order valence-corrected chi connectivity index (χ1v) is 10.4. The van der Waals surface area contributed by atoms with Gasteiger partial charge in [0.1, 0.15) is 11.6 Å². The lowest BCUT2D eigenvalue weighted by atomic mass is 10.1. The highest BCUT2D eigenvalue weighted by molar-refractivity contribution is 7.98. The molecule has 1 unspecified atom stereocenters. The molecule has 0 amide bonds. The van der Waals surface area contributed by atoms with Gasteiger partial charge in [0.05, 0.1) is 17.0 Å². The minimum atomic E-state index is -0.519. The number of benzene rings is 2. The van der Waals surface area contributed by atoms with Crippen LogP contribution < -0.4 is 0 Å². The second kappa shape index (κ2) is 8.41. The smallest absolute Gasteiger partial charge is 0.338 e. The van der Waals surface area contributed by atoms with Gasteiger partial charge in [-0.05, 0) is 31.4 Å². The Bertz CT molecular complexity index is 1150. The van der Waals surface area contributed by atoms with Crippen molar-refractivity contribution in [2.75, 3.05) is 6.26 Å². The molecular weight excluding hydrogens is 382 g/mol. The lowest BCUT2D eigenvalue weighted by Gasteiger charge is -2.15. The number of thioether (sulfide) groups is 1. The Kier molecular flexibility index (Phi) is 5.53. The van der Waals surface area contributed by atoms with Crippen molar-refractivity contribution in [3.8, 4) is 11.3 Å². The Balaban J connectivity index is 1.76. The van der Waals surface area contributed by atoms with Crippen LogP contribution in [-0.2, 0) is 4.74 Å². The van der Waals surface area contributed by atoms with Gasteiger partial charge in [0.25, 0.3) is 0 Å². The van der Waals surface area contributed by atoms with E-state index in [9.17, 15) is 4.79 Å². The average Bonchev–Trinajstić information content (AvgIpc) is 2.79. The normalized spacial score (nSPS) is 11.9. The third-order valence-electron chi connectivity index (χ3n) is 4.50. The molecule has 0 spiro atoms. The van der Waals surface area contributed by atoms with E-state index >= 15 is 0 Å². The van der Waals surface area contributed by atoms with Crippen LogP contribution in [0.2, 0.25) is 0 Å². The van der Waals surface area contributed by atoms with Gasteiger partial charge in [-0.2, -0.15) is 0 Å². The minimum Gasteiger partial charge on any atom is -0.453 e. The third kappa shape index (κ3) is 4.12. The van der Waals surface area contributed by atoms with E-state index in [1.165, 1.54) is 11.8 Å². The summed E-state index contributed by atoms with van der Waals surface area (Å²) in [5.41, 5.74) is 3.64. The highest BCUT2D eigenvalue weighted by atomic mass is 32.2. The molecule has 0 bridgehead atoms. The molecule has 0 aliphatic carbocycles. The van der Waals surface area contributed by atoms with Gasteiger partial charge in [0.15, 0.2) is 5.16 Å². The predicted octanol–water partition coefficient (Wildman–Crippen LogP) is 5.33. The quantitative estimate of drug-likeness (QED) is 0.256. The molecule has 1 atom stereocenters. The van der Waals surface area contributed by atoms with Crippen molar-refractivity contribution in [2.24, 2.45) is 0 Å². The monoisotopic (exact) mass is 401 g/mol. The van der Waals surface area contributed by atoms with Gasteiger partial charge in [-0.1, -0.05) is 60.3 Å². The molecule has 0 radical (unpaired) electrons. The second-order valence-corrected chi connectivity index (χ2v) is 7.24. The first-order chi connectivity index (χ1) is 14.2. The van der Waals surface area contributed by atoms with Gasteiger partial charge in [0.2, 0.25) is 0 Å². The molecule has 0 saturated carbocycles. The van der Waals surface area contributed by atoms with Gasteiger partial charge in [-0.15, -0.1) is 0 Å². The molecule has 29 heavy (non-hydrogen) atoms. The van der Waals surface area contributed by atoms with E-state index in [4.69, 9.17) is 9.72 Å². The Morgan fingerprint density at radius 3 is 2.38 bits per heavy atom. The van der Waals surface area contributed by atoms with E-state index in [-0.39, 0.29) is 5.97 Å². The molecule has 5 nitrogen and oxygen atoms in total. The largest absolute Gasteiger partial charge is 0.453 e. The number of ether oxygens (including phenoxy) is 1. The summed E-state index contributed by atoms with van der Waals surface area (Å²) in [5.74, 6) is -0.379. The maximum Gasteiger partial charge on any atom is 0.338 e. The van der Waals surface area contributed by atoms with E-state index in [0.29, 0.717) is 16.4 Å². The summed E-state index contributed by atoms with van der Waals surface area (Å²) in [6.07, 6.45) is 3.21. The zero-order chi connectivity index (χ0) is 20.2. The summed E-state index contributed by atoms with van der Waals surface area (Å²) in [4.78, 5) is 26.3. The molecule has 2 aromatic heterocycles. The molecule has 0 N–H and O–H groups in total. The fourth-order valence-corrected chi connectivity index (χ4v) is 3.35. The summed E-state index contributed by atoms with van der Waals surface area (Å²) >= 11 is 1.48. The third-order valence-corrected chi connectivity index (χ3v) is 5.07. The number of carbonyl (C=O) groups is 1. The highest BCUT2D eigenvalue weighted by Gasteiger charge is 2.18. The van der Waals surface area contributed by atoms with Crippen LogP contribution in [-0.4, -0.2) is 27.2 Å². The number of hydrogen-bond acceptors (Lipinski definition) is 6. The summed E-state index contributed by atoms with van der Waals surface area (Å²) in [7, 11) is 0. The van der Waals surface area contributed by atoms with Crippen LogP contribution in [0.4, 0.5) is 0 Å². The first-order valence-electron chi connectivity index (χ1n) is 9.19. The zero-order valence-corrected chi connectivity index (χ0v) is 16.9. The fraction of sp³-hybridized carbons (Fsp3) is 0.130. The highest BCUT2D eigenvalue weighted by Crippen LogP contribution is 2.30. The van der Waals surface area contributed by atoms with E-state index in [0.717, 1.165) is 22.2 Å². The van der Waals surface area contributed by atoms with Gasteiger partial charge < -0.3 is 4.74 Å². The second-order valence-electron chi connectivity index (χ2n) is 6.47.